The number of allylic oxidation sites excluding steroid dienone is 4. The Morgan fingerprint density at radius 3 is 1.35 bits per heavy atom. The van der Waals surface area contributed by atoms with E-state index in [0.29, 0.717) is 0 Å². The summed E-state index contributed by atoms with van der Waals surface area (Å²) >= 11 is 0. The zero-order valence-electron chi connectivity index (χ0n) is 14.2. The molecular weight excluding hydrogens is 240 g/mol. The lowest BCUT2D eigenvalue weighted by Gasteiger charge is -2.00. The second-order valence-electron chi connectivity index (χ2n) is 5.94. The quantitative estimate of drug-likeness (QED) is 0.214. The molecule has 0 heteroatoms. The molecule has 0 aromatic carbocycles. The summed E-state index contributed by atoms with van der Waals surface area (Å²) in [7, 11) is 0. The van der Waals surface area contributed by atoms with E-state index in [0.717, 1.165) is 0 Å². The van der Waals surface area contributed by atoms with Crippen molar-refractivity contribution in [2.45, 2.75) is 104 Å². The molecule has 0 aromatic heterocycles. The summed E-state index contributed by atoms with van der Waals surface area (Å²) < 4.78 is 0. The van der Waals surface area contributed by atoms with Gasteiger partial charge in [-0.2, -0.15) is 0 Å². The Balaban J connectivity index is 3.02. The fourth-order valence-corrected chi connectivity index (χ4v) is 2.50. The summed E-state index contributed by atoms with van der Waals surface area (Å²) in [4.78, 5) is 0. The van der Waals surface area contributed by atoms with Crippen LogP contribution in [0.5, 0.6) is 0 Å². The Kier molecular flexibility index (Phi) is 18.0. The van der Waals surface area contributed by atoms with E-state index < -0.39 is 0 Å². The van der Waals surface area contributed by atoms with Crippen molar-refractivity contribution in [3.05, 3.63) is 24.3 Å². The van der Waals surface area contributed by atoms with Crippen LogP contribution in [0.25, 0.3) is 0 Å². The van der Waals surface area contributed by atoms with E-state index in [1.165, 1.54) is 89.9 Å². The SMILES string of the molecule is CC=CCCCCCCCCCCC=CCCCCC. The first-order valence-electron chi connectivity index (χ1n) is 9.18. The molecule has 0 unspecified atom stereocenters. The van der Waals surface area contributed by atoms with E-state index in [2.05, 4.69) is 38.2 Å². The molecule has 0 spiro atoms. The summed E-state index contributed by atoms with van der Waals surface area (Å²) in [5.41, 5.74) is 0. The molecule has 0 aliphatic rings. The third kappa shape index (κ3) is 17.5. The van der Waals surface area contributed by atoms with Crippen LogP contribution in [0.3, 0.4) is 0 Å². The first-order chi connectivity index (χ1) is 9.91. The third-order valence-corrected chi connectivity index (χ3v) is 3.87. The van der Waals surface area contributed by atoms with E-state index in [1.807, 2.05) is 0 Å². The minimum atomic E-state index is 1.28. The smallest absolute Gasteiger partial charge is 0.0351 e. The predicted octanol–water partition coefficient (Wildman–Crippen LogP) is 7.60. The van der Waals surface area contributed by atoms with Crippen LogP contribution in [0.15, 0.2) is 24.3 Å². The highest BCUT2D eigenvalue weighted by atomic mass is 14.0. The van der Waals surface area contributed by atoms with Crippen LogP contribution in [-0.4, -0.2) is 0 Å². The number of hydrogen-bond acceptors (Lipinski definition) is 0. The largest absolute Gasteiger partial charge is 0.0917 e. The van der Waals surface area contributed by atoms with Crippen LogP contribution in [-0.2, 0) is 0 Å². The monoisotopic (exact) mass is 278 g/mol. The van der Waals surface area contributed by atoms with Gasteiger partial charge in [-0.25, -0.2) is 0 Å². The highest BCUT2D eigenvalue weighted by molar-refractivity contribution is 4.81. The molecule has 118 valence electrons. The topological polar surface area (TPSA) is 0 Å². The molecule has 0 aromatic rings. The van der Waals surface area contributed by atoms with Crippen LogP contribution in [0.2, 0.25) is 0 Å². The van der Waals surface area contributed by atoms with Gasteiger partial charge in [0.05, 0.1) is 0 Å². The second-order valence-corrected chi connectivity index (χ2v) is 5.94. The Bertz CT molecular complexity index is 212. The van der Waals surface area contributed by atoms with Gasteiger partial charge in [0.15, 0.2) is 0 Å². The molecule has 0 aliphatic carbocycles. The van der Waals surface area contributed by atoms with Crippen molar-refractivity contribution in [3.63, 3.8) is 0 Å². The van der Waals surface area contributed by atoms with Gasteiger partial charge in [-0.15, -0.1) is 0 Å². The van der Waals surface area contributed by atoms with Gasteiger partial charge in [0.1, 0.15) is 0 Å². The van der Waals surface area contributed by atoms with Crippen molar-refractivity contribution >= 4 is 0 Å². The molecule has 0 amide bonds. The second kappa shape index (κ2) is 18.5. The van der Waals surface area contributed by atoms with E-state index in [9.17, 15) is 0 Å². The maximum atomic E-state index is 2.40. The van der Waals surface area contributed by atoms with Crippen molar-refractivity contribution in [1.82, 2.24) is 0 Å². The molecule has 0 atom stereocenters. The van der Waals surface area contributed by atoms with Crippen LogP contribution < -0.4 is 0 Å². The van der Waals surface area contributed by atoms with E-state index in [4.69, 9.17) is 0 Å². The number of hydrogen-bond donors (Lipinski definition) is 0. The Morgan fingerprint density at radius 2 is 0.900 bits per heavy atom. The fraction of sp³-hybridized carbons (Fsp3) is 0.800. The first kappa shape index (κ1) is 19.5. The molecule has 0 saturated carbocycles. The van der Waals surface area contributed by atoms with Gasteiger partial charge in [-0.3, -0.25) is 0 Å². The molecule has 0 radical (unpaired) electrons. The van der Waals surface area contributed by atoms with Gasteiger partial charge in [0.25, 0.3) is 0 Å². The molecule has 0 fully saturated rings. The molecule has 20 heavy (non-hydrogen) atoms. The van der Waals surface area contributed by atoms with Crippen molar-refractivity contribution in [3.8, 4) is 0 Å². The number of unbranched alkanes of at least 4 members (excludes halogenated alkanes) is 12. The first-order valence-corrected chi connectivity index (χ1v) is 9.18. The average molecular weight is 279 g/mol. The fourth-order valence-electron chi connectivity index (χ4n) is 2.50. The van der Waals surface area contributed by atoms with Gasteiger partial charge in [-0.1, -0.05) is 82.6 Å². The number of rotatable bonds is 15. The maximum absolute atomic E-state index is 2.40. The lowest BCUT2D eigenvalue weighted by atomic mass is 10.1. The Morgan fingerprint density at radius 1 is 0.500 bits per heavy atom. The molecule has 0 bridgehead atoms. The summed E-state index contributed by atoms with van der Waals surface area (Å²) in [6.45, 7) is 4.38. The Hall–Kier alpha value is -0.520. The lowest BCUT2D eigenvalue weighted by Crippen LogP contribution is -1.81. The highest BCUT2D eigenvalue weighted by Crippen LogP contribution is 2.11. The molecular formula is C20H38. The average Bonchev–Trinajstić information content (AvgIpc) is 2.47. The third-order valence-electron chi connectivity index (χ3n) is 3.87. The standard InChI is InChI=1S/C20H38/c1-3-5-7-9-11-13-15-17-19-20-18-16-14-12-10-8-6-4-2/h3,5,12,14H,4,6-11,13,15-20H2,1-2H3. The van der Waals surface area contributed by atoms with Crippen molar-refractivity contribution in [2.24, 2.45) is 0 Å². The van der Waals surface area contributed by atoms with Gasteiger partial charge in [0.2, 0.25) is 0 Å². The van der Waals surface area contributed by atoms with E-state index in [-0.39, 0.29) is 0 Å². The molecule has 0 N–H and O–H groups in total. The molecule has 0 nitrogen and oxygen atoms in total. The molecule has 0 aliphatic heterocycles. The lowest BCUT2D eigenvalue weighted by molar-refractivity contribution is 0.571. The minimum Gasteiger partial charge on any atom is -0.0917 e. The zero-order chi connectivity index (χ0) is 14.7. The van der Waals surface area contributed by atoms with Crippen LogP contribution in [0, 0.1) is 0 Å². The highest BCUT2D eigenvalue weighted by Gasteiger charge is 1.91. The van der Waals surface area contributed by atoms with Crippen LogP contribution >= 0.6 is 0 Å². The van der Waals surface area contributed by atoms with Crippen molar-refractivity contribution < 1.29 is 0 Å². The zero-order valence-corrected chi connectivity index (χ0v) is 14.2. The summed E-state index contributed by atoms with van der Waals surface area (Å²) in [6, 6.07) is 0. The molecule has 0 rings (SSSR count). The van der Waals surface area contributed by atoms with Gasteiger partial charge in [-0.05, 0) is 45.4 Å². The van der Waals surface area contributed by atoms with Crippen LogP contribution in [0.4, 0.5) is 0 Å². The van der Waals surface area contributed by atoms with E-state index in [1.54, 1.807) is 0 Å². The predicted molar refractivity (Wildman–Crippen MR) is 94.3 cm³/mol. The Labute approximate surface area is 128 Å². The van der Waals surface area contributed by atoms with Gasteiger partial charge < -0.3 is 0 Å². The van der Waals surface area contributed by atoms with Gasteiger partial charge in [0, 0.05) is 0 Å². The van der Waals surface area contributed by atoms with Crippen molar-refractivity contribution in [1.29, 1.82) is 0 Å². The van der Waals surface area contributed by atoms with Gasteiger partial charge >= 0.3 is 0 Å². The normalized spacial score (nSPS) is 11.9. The molecule has 0 saturated heterocycles. The maximum Gasteiger partial charge on any atom is -0.0351 e. The minimum absolute atomic E-state index is 1.28. The molecule has 0 heterocycles. The summed E-state index contributed by atoms with van der Waals surface area (Å²) in [5.74, 6) is 0. The summed E-state index contributed by atoms with van der Waals surface area (Å²) in [5, 5.41) is 0. The van der Waals surface area contributed by atoms with Crippen LogP contribution in [0.1, 0.15) is 104 Å². The van der Waals surface area contributed by atoms with Crippen molar-refractivity contribution in [2.75, 3.05) is 0 Å². The summed E-state index contributed by atoms with van der Waals surface area (Å²) in [6.07, 6.45) is 28.6. The van der Waals surface area contributed by atoms with E-state index >= 15 is 0 Å².